The fourth-order valence-electron chi connectivity index (χ4n) is 2.79. The predicted molar refractivity (Wildman–Crippen MR) is 72.8 cm³/mol. The van der Waals surface area contributed by atoms with Crippen LogP contribution in [0.15, 0.2) is 24.3 Å². The molecule has 1 heterocycles. The molecule has 0 bridgehead atoms. The molecule has 0 aromatic heterocycles. The SMILES string of the molecule is CC1Cc2ccccc2N(C(=O)NC2CCC2)C1. The highest BCUT2D eigenvalue weighted by atomic mass is 16.2. The minimum Gasteiger partial charge on any atom is -0.335 e. The first-order chi connectivity index (χ1) is 8.74. The third kappa shape index (κ3) is 2.09. The summed E-state index contributed by atoms with van der Waals surface area (Å²) in [4.78, 5) is 14.2. The Balaban J connectivity index is 1.80. The van der Waals surface area contributed by atoms with Gasteiger partial charge in [-0.15, -0.1) is 0 Å². The lowest BCUT2D eigenvalue weighted by Gasteiger charge is -2.35. The van der Waals surface area contributed by atoms with E-state index < -0.39 is 0 Å². The van der Waals surface area contributed by atoms with Crippen LogP contribution < -0.4 is 10.2 Å². The number of carbonyl (C=O) groups is 1. The van der Waals surface area contributed by atoms with E-state index in [0.29, 0.717) is 12.0 Å². The van der Waals surface area contributed by atoms with Gasteiger partial charge in [0, 0.05) is 18.3 Å². The summed E-state index contributed by atoms with van der Waals surface area (Å²) in [7, 11) is 0. The van der Waals surface area contributed by atoms with E-state index in [9.17, 15) is 4.79 Å². The normalized spacial score (nSPS) is 23.2. The fraction of sp³-hybridized carbons (Fsp3) is 0.533. The number of hydrogen-bond acceptors (Lipinski definition) is 1. The molecule has 0 radical (unpaired) electrons. The summed E-state index contributed by atoms with van der Waals surface area (Å²) in [5.41, 5.74) is 2.38. The van der Waals surface area contributed by atoms with E-state index >= 15 is 0 Å². The molecule has 1 fully saturated rings. The largest absolute Gasteiger partial charge is 0.335 e. The quantitative estimate of drug-likeness (QED) is 0.809. The second-order valence-electron chi connectivity index (χ2n) is 5.63. The topological polar surface area (TPSA) is 32.3 Å². The summed E-state index contributed by atoms with van der Waals surface area (Å²) in [6.07, 6.45) is 4.59. The van der Waals surface area contributed by atoms with Crippen molar-refractivity contribution in [2.24, 2.45) is 5.92 Å². The molecule has 2 amide bonds. The van der Waals surface area contributed by atoms with Crippen LogP contribution in [0.4, 0.5) is 10.5 Å². The van der Waals surface area contributed by atoms with Crippen molar-refractivity contribution >= 4 is 11.7 Å². The van der Waals surface area contributed by atoms with E-state index in [2.05, 4.69) is 30.4 Å². The number of nitrogens with one attached hydrogen (secondary N) is 1. The van der Waals surface area contributed by atoms with Crippen molar-refractivity contribution in [3.8, 4) is 0 Å². The van der Waals surface area contributed by atoms with Crippen LogP contribution in [0.25, 0.3) is 0 Å². The van der Waals surface area contributed by atoms with Crippen molar-refractivity contribution in [3.05, 3.63) is 29.8 Å². The zero-order valence-electron chi connectivity index (χ0n) is 10.9. The smallest absolute Gasteiger partial charge is 0.322 e. The second-order valence-corrected chi connectivity index (χ2v) is 5.63. The number of fused-ring (bicyclic) bond motifs is 1. The summed E-state index contributed by atoms with van der Waals surface area (Å²) in [6.45, 7) is 3.04. The van der Waals surface area contributed by atoms with Gasteiger partial charge in [-0.3, -0.25) is 4.90 Å². The molecule has 1 aliphatic carbocycles. The van der Waals surface area contributed by atoms with Crippen LogP contribution in [0.1, 0.15) is 31.7 Å². The van der Waals surface area contributed by atoms with Crippen molar-refractivity contribution in [1.82, 2.24) is 5.32 Å². The average Bonchev–Trinajstić information content (AvgIpc) is 2.32. The lowest BCUT2D eigenvalue weighted by Crippen LogP contribution is -2.50. The average molecular weight is 244 g/mol. The molecule has 0 saturated heterocycles. The third-order valence-corrected chi connectivity index (χ3v) is 4.02. The Morgan fingerprint density at radius 1 is 1.33 bits per heavy atom. The van der Waals surface area contributed by atoms with Gasteiger partial charge >= 0.3 is 6.03 Å². The molecule has 1 N–H and O–H groups in total. The van der Waals surface area contributed by atoms with Gasteiger partial charge in [0.1, 0.15) is 0 Å². The molecule has 0 spiro atoms. The Labute approximate surface area is 108 Å². The lowest BCUT2D eigenvalue weighted by atomic mass is 9.92. The highest BCUT2D eigenvalue weighted by Crippen LogP contribution is 2.29. The van der Waals surface area contributed by atoms with E-state index in [1.807, 2.05) is 11.0 Å². The van der Waals surface area contributed by atoms with Crippen molar-refractivity contribution in [1.29, 1.82) is 0 Å². The summed E-state index contributed by atoms with van der Waals surface area (Å²) >= 11 is 0. The third-order valence-electron chi connectivity index (χ3n) is 4.02. The standard InChI is InChI=1S/C15H20N2O/c1-11-9-12-5-2-3-8-14(12)17(10-11)15(18)16-13-6-4-7-13/h2-3,5,8,11,13H,4,6-7,9-10H2,1H3,(H,16,18). The van der Waals surface area contributed by atoms with E-state index in [1.54, 1.807) is 0 Å². The van der Waals surface area contributed by atoms with E-state index in [0.717, 1.165) is 31.5 Å². The number of carbonyl (C=O) groups excluding carboxylic acids is 1. The van der Waals surface area contributed by atoms with Crippen molar-refractivity contribution in [2.45, 2.75) is 38.6 Å². The van der Waals surface area contributed by atoms with Gasteiger partial charge in [-0.05, 0) is 43.2 Å². The van der Waals surface area contributed by atoms with Gasteiger partial charge in [-0.25, -0.2) is 4.79 Å². The van der Waals surface area contributed by atoms with Crippen molar-refractivity contribution < 1.29 is 4.79 Å². The maximum atomic E-state index is 12.3. The Bertz CT molecular complexity index is 454. The Morgan fingerprint density at radius 2 is 2.11 bits per heavy atom. The van der Waals surface area contributed by atoms with Crippen LogP contribution in [-0.2, 0) is 6.42 Å². The van der Waals surface area contributed by atoms with Crippen LogP contribution in [-0.4, -0.2) is 18.6 Å². The second kappa shape index (κ2) is 4.63. The van der Waals surface area contributed by atoms with Crippen LogP contribution in [0.5, 0.6) is 0 Å². The molecule has 1 aromatic carbocycles. The molecule has 2 aliphatic rings. The van der Waals surface area contributed by atoms with Crippen molar-refractivity contribution in [3.63, 3.8) is 0 Å². The highest BCUT2D eigenvalue weighted by Gasteiger charge is 2.28. The van der Waals surface area contributed by atoms with E-state index in [4.69, 9.17) is 0 Å². The van der Waals surface area contributed by atoms with Crippen LogP contribution in [0.2, 0.25) is 0 Å². The maximum Gasteiger partial charge on any atom is 0.322 e. The minimum atomic E-state index is 0.0821. The fourth-order valence-corrected chi connectivity index (χ4v) is 2.79. The van der Waals surface area contributed by atoms with Crippen LogP contribution >= 0.6 is 0 Å². The van der Waals surface area contributed by atoms with E-state index in [1.165, 1.54) is 12.0 Å². The zero-order chi connectivity index (χ0) is 12.5. The summed E-state index contributed by atoms with van der Waals surface area (Å²) in [6, 6.07) is 8.74. The van der Waals surface area contributed by atoms with E-state index in [-0.39, 0.29) is 6.03 Å². The number of hydrogen-bond donors (Lipinski definition) is 1. The summed E-state index contributed by atoms with van der Waals surface area (Å²) in [5.74, 6) is 0.534. The zero-order valence-corrected chi connectivity index (χ0v) is 10.9. The number of nitrogens with zero attached hydrogens (tertiary/aromatic N) is 1. The number of benzene rings is 1. The summed E-state index contributed by atoms with van der Waals surface area (Å²) < 4.78 is 0. The predicted octanol–water partition coefficient (Wildman–Crippen LogP) is 2.95. The van der Waals surface area contributed by atoms with Gasteiger partial charge in [0.25, 0.3) is 0 Å². The van der Waals surface area contributed by atoms with Gasteiger partial charge in [0.15, 0.2) is 0 Å². The molecule has 1 unspecified atom stereocenters. The number of para-hydroxylation sites is 1. The van der Waals surface area contributed by atoms with Gasteiger partial charge in [-0.1, -0.05) is 25.1 Å². The van der Waals surface area contributed by atoms with Crippen molar-refractivity contribution in [2.75, 3.05) is 11.4 Å². The Kier molecular flexibility index (Phi) is 2.98. The molecule has 96 valence electrons. The maximum absolute atomic E-state index is 12.3. The first-order valence-corrected chi connectivity index (χ1v) is 6.90. The van der Waals surface area contributed by atoms with Gasteiger partial charge in [-0.2, -0.15) is 0 Å². The molecule has 1 aromatic rings. The number of rotatable bonds is 1. The first-order valence-electron chi connectivity index (χ1n) is 6.90. The number of anilines is 1. The van der Waals surface area contributed by atoms with Gasteiger partial charge in [0.2, 0.25) is 0 Å². The van der Waals surface area contributed by atoms with Gasteiger partial charge in [0.05, 0.1) is 0 Å². The number of amides is 2. The summed E-state index contributed by atoms with van der Waals surface area (Å²) in [5, 5.41) is 3.13. The molecule has 3 nitrogen and oxygen atoms in total. The Hall–Kier alpha value is -1.51. The van der Waals surface area contributed by atoms with Gasteiger partial charge < -0.3 is 5.32 Å². The molecule has 3 heteroatoms. The van der Waals surface area contributed by atoms with Crippen LogP contribution in [0.3, 0.4) is 0 Å². The minimum absolute atomic E-state index is 0.0821. The molecular formula is C15H20N2O. The molecular weight excluding hydrogens is 224 g/mol. The molecule has 18 heavy (non-hydrogen) atoms. The lowest BCUT2D eigenvalue weighted by molar-refractivity contribution is 0.232. The number of urea groups is 1. The molecule has 1 atom stereocenters. The molecule has 3 rings (SSSR count). The molecule has 1 aliphatic heterocycles. The van der Waals surface area contributed by atoms with Crippen LogP contribution in [0, 0.1) is 5.92 Å². The Morgan fingerprint density at radius 3 is 2.83 bits per heavy atom. The molecule has 1 saturated carbocycles. The highest BCUT2D eigenvalue weighted by molar-refractivity contribution is 5.93. The first kappa shape index (κ1) is 11.6. The monoisotopic (exact) mass is 244 g/mol.